The van der Waals surface area contributed by atoms with Gasteiger partial charge in [-0.3, -0.25) is 14.4 Å². The van der Waals surface area contributed by atoms with Crippen molar-refractivity contribution in [1.82, 2.24) is 15.2 Å². The topological polar surface area (TPSA) is 117 Å². The number of nitrogens with zero attached hydrogens (tertiary/aromatic N) is 3. The largest absolute Gasteiger partial charge is 0.491 e. The van der Waals surface area contributed by atoms with E-state index in [2.05, 4.69) is 10.4 Å². The Hall–Kier alpha value is -3.79. The van der Waals surface area contributed by atoms with Gasteiger partial charge in [-0.25, -0.2) is 9.40 Å². The summed E-state index contributed by atoms with van der Waals surface area (Å²) < 4.78 is 19.3. The number of carbonyl (C=O) groups is 3. The standard InChI is InChI=1S/C27H32FN5O4/c1-26(2,29)24(35)30-21(16-37-20-11-7-10-19(28)14-20)23(34)33-13-12-22-27(17-33,25(36)32(3)31-22)15-18-8-5-4-6-9-18/h4-11,14,21H,12-13,15-17,29H2,1-3H3,(H,30,35). The lowest BCUT2D eigenvalue weighted by Gasteiger charge is -2.40. The van der Waals surface area contributed by atoms with Crippen LogP contribution in [-0.2, 0) is 20.8 Å². The maximum absolute atomic E-state index is 13.8. The van der Waals surface area contributed by atoms with Crippen LogP contribution in [0.4, 0.5) is 4.39 Å². The Kier molecular flexibility index (Phi) is 7.31. The molecule has 3 amide bonds. The van der Waals surface area contributed by atoms with Crippen molar-refractivity contribution in [3.05, 3.63) is 66.0 Å². The first kappa shape index (κ1) is 26.3. The number of piperidine rings is 1. The molecule has 2 atom stereocenters. The predicted octanol–water partition coefficient (Wildman–Crippen LogP) is 1.72. The number of nitrogens with one attached hydrogen (secondary N) is 1. The highest BCUT2D eigenvalue weighted by Crippen LogP contribution is 2.38. The van der Waals surface area contributed by atoms with E-state index < -0.39 is 34.6 Å². The lowest BCUT2D eigenvalue weighted by atomic mass is 9.73. The molecule has 2 aliphatic rings. The third-order valence-electron chi connectivity index (χ3n) is 6.67. The number of rotatable bonds is 8. The molecule has 0 radical (unpaired) electrons. The Balaban J connectivity index is 1.58. The summed E-state index contributed by atoms with van der Waals surface area (Å²) in [6.45, 7) is 3.27. The van der Waals surface area contributed by atoms with Gasteiger partial charge < -0.3 is 20.7 Å². The summed E-state index contributed by atoms with van der Waals surface area (Å²) in [5, 5.41) is 8.50. The van der Waals surface area contributed by atoms with Crippen molar-refractivity contribution in [1.29, 1.82) is 0 Å². The molecule has 4 rings (SSSR count). The molecular formula is C27H32FN5O4. The maximum atomic E-state index is 13.8. The van der Waals surface area contributed by atoms with E-state index in [0.29, 0.717) is 19.4 Å². The molecule has 0 aliphatic carbocycles. The average molecular weight is 510 g/mol. The van der Waals surface area contributed by atoms with Gasteiger partial charge in [-0.1, -0.05) is 36.4 Å². The van der Waals surface area contributed by atoms with Crippen molar-refractivity contribution in [2.75, 3.05) is 26.7 Å². The highest BCUT2D eigenvalue weighted by Gasteiger charge is 2.54. The minimum Gasteiger partial charge on any atom is -0.491 e. The number of amides is 3. The van der Waals surface area contributed by atoms with Gasteiger partial charge in [0.2, 0.25) is 11.8 Å². The second kappa shape index (κ2) is 10.3. The van der Waals surface area contributed by atoms with Crippen molar-refractivity contribution in [3.63, 3.8) is 0 Å². The van der Waals surface area contributed by atoms with Crippen LogP contribution in [0, 0.1) is 11.2 Å². The van der Waals surface area contributed by atoms with Gasteiger partial charge in [-0.15, -0.1) is 0 Å². The highest BCUT2D eigenvalue weighted by molar-refractivity contribution is 6.13. The van der Waals surface area contributed by atoms with Gasteiger partial charge >= 0.3 is 0 Å². The van der Waals surface area contributed by atoms with Crippen molar-refractivity contribution in [3.8, 4) is 5.75 Å². The summed E-state index contributed by atoms with van der Waals surface area (Å²) >= 11 is 0. The van der Waals surface area contributed by atoms with Gasteiger partial charge in [-0.05, 0) is 38.0 Å². The molecule has 1 fully saturated rings. The molecular weight excluding hydrogens is 477 g/mol. The number of hydrazone groups is 1. The quantitative estimate of drug-likeness (QED) is 0.562. The summed E-state index contributed by atoms with van der Waals surface area (Å²) in [4.78, 5) is 41.4. The number of hydrogen-bond acceptors (Lipinski definition) is 6. The Labute approximate surface area is 215 Å². The van der Waals surface area contributed by atoms with Gasteiger partial charge in [0, 0.05) is 32.6 Å². The lowest BCUT2D eigenvalue weighted by Crippen LogP contribution is -2.62. The monoisotopic (exact) mass is 509 g/mol. The molecule has 2 unspecified atom stereocenters. The predicted molar refractivity (Wildman–Crippen MR) is 136 cm³/mol. The van der Waals surface area contributed by atoms with Crippen molar-refractivity contribution in [2.45, 2.75) is 38.3 Å². The molecule has 2 heterocycles. The van der Waals surface area contributed by atoms with E-state index in [1.54, 1.807) is 18.0 Å². The first-order valence-corrected chi connectivity index (χ1v) is 12.2. The third-order valence-corrected chi connectivity index (χ3v) is 6.67. The summed E-state index contributed by atoms with van der Waals surface area (Å²) in [5.41, 5.74) is 5.42. The molecule has 37 heavy (non-hydrogen) atoms. The van der Waals surface area contributed by atoms with E-state index in [1.165, 1.54) is 37.1 Å². The minimum atomic E-state index is -1.24. The van der Waals surface area contributed by atoms with E-state index >= 15 is 0 Å². The zero-order valence-corrected chi connectivity index (χ0v) is 21.2. The van der Waals surface area contributed by atoms with Crippen LogP contribution in [0.1, 0.15) is 25.8 Å². The molecule has 2 aromatic rings. The summed E-state index contributed by atoms with van der Waals surface area (Å²) in [7, 11) is 1.62. The fourth-order valence-electron chi connectivity index (χ4n) is 4.69. The molecule has 9 nitrogen and oxygen atoms in total. The normalized spacial score (nSPS) is 20.2. The molecule has 0 saturated carbocycles. The van der Waals surface area contributed by atoms with Crippen molar-refractivity contribution < 1.29 is 23.5 Å². The molecule has 0 bridgehead atoms. The number of hydrogen-bond donors (Lipinski definition) is 2. The van der Waals surface area contributed by atoms with E-state index in [4.69, 9.17) is 10.5 Å². The highest BCUT2D eigenvalue weighted by atomic mass is 19.1. The zero-order chi connectivity index (χ0) is 26.8. The number of ether oxygens (including phenoxy) is 1. The second-order valence-electron chi connectivity index (χ2n) is 10.1. The van der Waals surface area contributed by atoms with Gasteiger partial charge in [0.1, 0.15) is 29.6 Å². The molecule has 1 saturated heterocycles. The van der Waals surface area contributed by atoms with E-state index in [1.807, 2.05) is 30.3 Å². The number of likely N-dealkylation sites (tertiary alicyclic amines) is 1. The molecule has 3 N–H and O–H groups in total. The van der Waals surface area contributed by atoms with Gasteiger partial charge in [0.15, 0.2) is 0 Å². The van der Waals surface area contributed by atoms with E-state index in [9.17, 15) is 18.8 Å². The third kappa shape index (κ3) is 5.64. The van der Waals surface area contributed by atoms with Crippen LogP contribution in [0.25, 0.3) is 0 Å². The van der Waals surface area contributed by atoms with Crippen LogP contribution in [0.5, 0.6) is 5.75 Å². The molecule has 196 valence electrons. The summed E-state index contributed by atoms with van der Waals surface area (Å²) in [5.74, 6) is -1.39. The molecule has 0 aromatic heterocycles. The van der Waals surface area contributed by atoms with Gasteiger partial charge in [0.05, 0.1) is 11.3 Å². The van der Waals surface area contributed by atoms with Crippen LogP contribution in [0.3, 0.4) is 0 Å². The Bertz CT molecular complexity index is 1210. The van der Waals surface area contributed by atoms with E-state index in [0.717, 1.165) is 11.3 Å². The van der Waals surface area contributed by atoms with Crippen molar-refractivity contribution in [2.24, 2.45) is 16.3 Å². The number of halogens is 1. The smallest absolute Gasteiger partial charge is 0.256 e. The van der Waals surface area contributed by atoms with Crippen LogP contribution in [-0.4, -0.2) is 71.7 Å². The first-order chi connectivity index (χ1) is 17.5. The van der Waals surface area contributed by atoms with E-state index in [-0.39, 0.29) is 24.8 Å². The summed E-state index contributed by atoms with van der Waals surface area (Å²) in [6.07, 6.45) is 0.814. The molecule has 2 aliphatic heterocycles. The van der Waals surface area contributed by atoms with Crippen LogP contribution in [0.15, 0.2) is 59.7 Å². The lowest BCUT2D eigenvalue weighted by molar-refractivity contribution is -0.143. The molecule has 10 heteroatoms. The Morgan fingerprint density at radius 3 is 2.62 bits per heavy atom. The summed E-state index contributed by atoms with van der Waals surface area (Å²) in [6, 6.07) is 14.0. The zero-order valence-electron chi connectivity index (χ0n) is 21.2. The van der Waals surface area contributed by atoms with Gasteiger partial charge in [0.25, 0.3) is 5.91 Å². The van der Waals surface area contributed by atoms with Crippen LogP contribution < -0.4 is 15.8 Å². The van der Waals surface area contributed by atoms with Crippen LogP contribution >= 0.6 is 0 Å². The first-order valence-electron chi connectivity index (χ1n) is 12.2. The van der Waals surface area contributed by atoms with Gasteiger partial charge in [-0.2, -0.15) is 5.10 Å². The average Bonchev–Trinajstić information content (AvgIpc) is 3.10. The number of benzene rings is 2. The SMILES string of the molecule is CN1N=C2CCN(C(=O)C(COc3cccc(F)c3)NC(=O)C(C)(C)N)CC2(Cc2ccccc2)C1=O. The number of carbonyl (C=O) groups excluding carboxylic acids is 3. The molecule has 2 aromatic carbocycles. The molecule has 0 spiro atoms. The van der Waals surface area contributed by atoms with Crippen LogP contribution in [0.2, 0.25) is 0 Å². The second-order valence-corrected chi connectivity index (χ2v) is 10.1. The number of fused-ring (bicyclic) bond motifs is 1. The minimum absolute atomic E-state index is 0.112. The van der Waals surface area contributed by atoms with Crippen molar-refractivity contribution >= 4 is 23.4 Å². The Morgan fingerprint density at radius 1 is 1.22 bits per heavy atom. The Morgan fingerprint density at radius 2 is 1.95 bits per heavy atom. The fourth-order valence-corrected chi connectivity index (χ4v) is 4.69. The maximum Gasteiger partial charge on any atom is 0.256 e. The fraction of sp³-hybridized carbons (Fsp3) is 0.407. The number of nitrogens with two attached hydrogens (primary N) is 1.